The van der Waals surface area contributed by atoms with E-state index in [-0.39, 0.29) is 0 Å². The minimum atomic E-state index is 0.652. The number of anilines is 2. The normalized spacial score (nSPS) is 9.60. The van der Waals surface area contributed by atoms with Crippen molar-refractivity contribution < 1.29 is 0 Å². The van der Waals surface area contributed by atoms with E-state index in [1.807, 2.05) is 30.3 Å². The molecular formula is C11H9N3O. The number of hydrogen-bond donors (Lipinski definition) is 0. The molecule has 4 heteroatoms. The number of para-hydroxylation sites is 1. The highest BCUT2D eigenvalue weighted by Crippen LogP contribution is 2.23. The van der Waals surface area contributed by atoms with Gasteiger partial charge in [0, 0.05) is 6.20 Å². The number of nitroso groups, excluding NO2 is 1. The number of nitrogens with zero attached hydrogens (tertiary/aromatic N) is 3. The van der Waals surface area contributed by atoms with Crippen molar-refractivity contribution in [2.24, 2.45) is 5.29 Å². The van der Waals surface area contributed by atoms with Gasteiger partial charge in [0.25, 0.3) is 0 Å². The van der Waals surface area contributed by atoms with Crippen LogP contribution in [0.25, 0.3) is 0 Å². The second kappa shape index (κ2) is 4.32. The lowest BCUT2D eigenvalue weighted by molar-refractivity contribution is 1.06. The molecule has 2 aromatic rings. The van der Waals surface area contributed by atoms with Crippen LogP contribution in [0.2, 0.25) is 0 Å². The molecule has 1 aromatic heterocycles. The summed E-state index contributed by atoms with van der Waals surface area (Å²) in [5.74, 6) is 0. The largest absolute Gasteiger partial charge is 0.262 e. The summed E-state index contributed by atoms with van der Waals surface area (Å²) in [6, 6.07) is 12.8. The molecule has 2 rings (SSSR count). The summed E-state index contributed by atoms with van der Waals surface area (Å²) in [6.45, 7) is 0. The third-order valence-corrected chi connectivity index (χ3v) is 1.97. The van der Waals surface area contributed by atoms with E-state index in [4.69, 9.17) is 0 Å². The fraction of sp³-hybridized carbons (Fsp3) is 0. The first-order valence-electron chi connectivity index (χ1n) is 4.50. The van der Waals surface area contributed by atoms with Crippen molar-refractivity contribution in [1.29, 1.82) is 0 Å². The van der Waals surface area contributed by atoms with Crippen LogP contribution in [0.3, 0.4) is 0 Å². The first kappa shape index (κ1) is 9.33. The van der Waals surface area contributed by atoms with Gasteiger partial charge in [-0.05, 0) is 24.3 Å². The molecule has 1 aromatic carbocycles. The van der Waals surface area contributed by atoms with E-state index >= 15 is 0 Å². The zero-order valence-electron chi connectivity index (χ0n) is 7.95. The summed E-state index contributed by atoms with van der Waals surface area (Å²) in [5.41, 5.74) is 1.37. The average molecular weight is 199 g/mol. The second-order valence-electron chi connectivity index (χ2n) is 2.94. The highest BCUT2D eigenvalue weighted by molar-refractivity contribution is 5.60. The van der Waals surface area contributed by atoms with Crippen molar-refractivity contribution in [3.8, 4) is 0 Å². The Balaban J connectivity index is 2.38. The number of hydrogen-bond acceptors (Lipinski definition) is 3. The molecule has 4 nitrogen and oxygen atoms in total. The van der Waals surface area contributed by atoms with Gasteiger partial charge in [-0.3, -0.25) is 4.98 Å². The van der Waals surface area contributed by atoms with Gasteiger partial charge in [-0.1, -0.05) is 18.2 Å². The van der Waals surface area contributed by atoms with Gasteiger partial charge in [0.1, 0.15) is 0 Å². The maximum Gasteiger partial charge on any atom is 0.0868 e. The zero-order valence-corrected chi connectivity index (χ0v) is 7.95. The van der Waals surface area contributed by atoms with E-state index in [0.717, 1.165) is 5.69 Å². The fourth-order valence-corrected chi connectivity index (χ4v) is 1.29. The second-order valence-corrected chi connectivity index (χ2v) is 2.94. The molecule has 0 spiro atoms. The summed E-state index contributed by atoms with van der Waals surface area (Å²) in [4.78, 5) is 14.7. The van der Waals surface area contributed by atoms with Crippen LogP contribution in [-0.2, 0) is 0 Å². The third-order valence-electron chi connectivity index (χ3n) is 1.97. The van der Waals surface area contributed by atoms with Crippen LogP contribution in [0.4, 0.5) is 11.4 Å². The maximum absolute atomic E-state index is 10.8. The van der Waals surface area contributed by atoms with Gasteiger partial charge in [-0.15, -0.1) is 4.91 Å². The molecule has 1 heterocycles. The van der Waals surface area contributed by atoms with E-state index < -0.39 is 0 Å². The maximum atomic E-state index is 10.8. The van der Waals surface area contributed by atoms with Gasteiger partial charge in [0.15, 0.2) is 0 Å². The van der Waals surface area contributed by atoms with E-state index in [1.54, 1.807) is 24.5 Å². The molecule has 0 saturated heterocycles. The Hall–Kier alpha value is -2.23. The van der Waals surface area contributed by atoms with Crippen molar-refractivity contribution in [3.05, 3.63) is 59.8 Å². The first-order valence-corrected chi connectivity index (χ1v) is 4.50. The summed E-state index contributed by atoms with van der Waals surface area (Å²) in [6.07, 6.45) is 3.24. The molecule has 0 radical (unpaired) electrons. The molecule has 0 atom stereocenters. The Kier molecular flexibility index (Phi) is 2.69. The van der Waals surface area contributed by atoms with Gasteiger partial charge >= 0.3 is 0 Å². The molecule has 74 valence electrons. The van der Waals surface area contributed by atoms with Crippen molar-refractivity contribution in [2.75, 3.05) is 5.01 Å². The smallest absolute Gasteiger partial charge is 0.0868 e. The third kappa shape index (κ3) is 1.99. The minimum absolute atomic E-state index is 0.652. The predicted octanol–water partition coefficient (Wildman–Crippen LogP) is 2.90. The number of pyridine rings is 1. The molecule has 0 bridgehead atoms. The molecule has 0 aliphatic rings. The van der Waals surface area contributed by atoms with E-state index in [9.17, 15) is 4.91 Å². The molecule has 0 amide bonds. The van der Waals surface area contributed by atoms with Crippen molar-refractivity contribution in [2.45, 2.75) is 0 Å². The summed E-state index contributed by atoms with van der Waals surface area (Å²) < 4.78 is 0. The molecular weight excluding hydrogens is 190 g/mol. The Labute approximate surface area is 87.1 Å². The molecule has 0 aliphatic carbocycles. The van der Waals surface area contributed by atoms with Crippen LogP contribution in [0.5, 0.6) is 0 Å². The van der Waals surface area contributed by atoms with Crippen LogP contribution in [0, 0.1) is 4.91 Å². The number of aromatic nitrogens is 1. The van der Waals surface area contributed by atoms with Crippen LogP contribution in [0.15, 0.2) is 60.1 Å². The van der Waals surface area contributed by atoms with Gasteiger partial charge < -0.3 is 0 Å². The van der Waals surface area contributed by atoms with Gasteiger partial charge in [0.2, 0.25) is 0 Å². The molecule has 0 saturated carbocycles. The Morgan fingerprint density at radius 3 is 2.33 bits per heavy atom. The van der Waals surface area contributed by atoms with Crippen molar-refractivity contribution in [3.63, 3.8) is 0 Å². The highest BCUT2D eigenvalue weighted by atomic mass is 16.3. The minimum Gasteiger partial charge on any atom is -0.262 e. The lowest BCUT2D eigenvalue weighted by atomic mass is 10.3. The van der Waals surface area contributed by atoms with Gasteiger partial charge in [-0.2, -0.15) is 5.01 Å². The molecule has 0 fully saturated rings. The van der Waals surface area contributed by atoms with Crippen molar-refractivity contribution in [1.82, 2.24) is 4.98 Å². The zero-order chi connectivity index (χ0) is 10.5. The predicted molar refractivity (Wildman–Crippen MR) is 58.6 cm³/mol. The fourth-order valence-electron chi connectivity index (χ4n) is 1.29. The Morgan fingerprint density at radius 2 is 1.73 bits per heavy atom. The first-order chi connectivity index (χ1) is 7.42. The van der Waals surface area contributed by atoms with Gasteiger partial charge in [-0.25, -0.2) is 0 Å². The van der Waals surface area contributed by atoms with Crippen LogP contribution in [-0.4, -0.2) is 4.98 Å². The number of rotatable bonds is 3. The van der Waals surface area contributed by atoms with Crippen LogP contribution >= 0.6 is 0 Å². The highest BCUT2D eigenvalue weighted by Gasteiger charge is 2.07. The van der Waals surface area contributed by atoms with E-state index in [1.165, 1.54) is 5.01 Å². The van der Waals surface area contributed by atoms with E-state index in [2.05, 4.69) is 10.3 Å². The molecule has 0 unspecified atom stereocenters. The number of benzene rings is 1. The molecule has 0 aliphatic heterocycles. The summed E-state index contributed by atoms with van der Waals surface area (Å²) >= 11 is 0. The van der Waals surface area contributed by atoms with Crippen LogP contribution in [0.1, 0.15) is 0 Å². The molecule has 15 heavy (non-hydrogen) atoms. The average Bonchev–Trinajstić information content (AvgIpc) is 2.33. The van der Waals surface area contributed by atoms with Crippen LogP contribution < -0.4 is 5.01 Å². The monoisotopic (exact) mass is 199 g/mol. The summed E-state index contributed by atoms with van der Waals surface area (Å²) in [5, 5.41) is 4.27. The Morgan fingerprint density at radius 1 is 1.00 bits per heavy atom. The Bertz CT molecular complexity index is 391. The van der Waals surface area contributed by atoms with Crippen molar-refractivity contribution >= 4 is 11.4 Å². The summed E-state index contributed by atoms with van der Waals surface area (Å²) in [7, 11) is 0. The van der Waals surface area contributed by atoms with E-state index in [0.29, 0.717) is 5.69 Å². The molecule has 0 N–H and O–H groups in total. The topological polar surface area (TPSA) is 45.6 Å². The SMILES string of the molecule is O=NN(c1ccccc1)c1cccnc1. The standard InChI is InChI=1S/C11H9N3O/c15-13-14(10-5-2-1-3-6-10)11-7-4-8-12-9-11/h1-9H. The quantitative estimate of drug-likeness (QED) is 0.564. The lowest BCUT2D eigenvalue weighted by Crippen LogP contribution is -2.07. The lowest BCUT2D eigenvalue weighted by Gasteiger charge is -2.13. The van der Waals surface area contributed by atoms with Gasteiger partial charge in [0.05, 0.1) is 22.9 Å².